The Hall–Kier alpha value is -2.00. The molecule has 0 unspecified atom stereocenters. The van der Waals surface area contributed by atoms with Crippen LogP contribution < -0.4 is 0 Å². The van der Waals surface area contributed by atoms with E-state index in [1.807, 2.05) is 0 Å². The van der Waals surface area contributed by atoms with Crippen molar-refractivity contribution < 1.29 is 23.8 Å². The Morgan fingerprint density at radius 3 is 2.71 bits per heavy atom. The number of carboxylic acids is 1. The van der Waals surface area contributed by atoms with E-state index in [0.717, 1.165) is 22.4 Å². The molecule has 112 valence electrons. The fourth-order valence-electron chi connectivity index (χ4n) is 1.69. The van der Waals surface area contributed by atoms with Crippen molar-refractivity contribution >= 4 is 17.7 Å². The zero-order chi connectivity index (χ0) is 15.6. The average Bonchev–Trinajstić information content (AvgIpc) is 2.84. The van der Waals surface area contributed by atoms with Gasteiger partial charge >= 0.3 is 5.97 Å². The average molecular weight is 315 g/mol. The van der Waals surface area contributed by atoms with E-state index in [1.54, 1.807) is 0 Å². The fourth-order valence-corrected chi connectivity index (χ4v) is 2.37. The molecule has 0 saturated heterocycles. The topological polar surface area (TPSA) is 88.2 Å². The number of aliphatic hydroxyl groups is 1. The number of hydrogen-bond donors (Lipinski definition) is 2. The molecular formula is C12H11F2N3O3S. The molecule has 1 aromatic heterocycles. The number of benzene rings is 1. The maximum Gasteiger partial charge on any atom is 0.313 e. The lowest BCUT2D eigenvalue weighted by molar-refractivity contribution is -0.133. The van der Waals surface area contributed by atoms with Gasteiger partial charge in [-0.15, -0.1) is 10.2 Å². The van der Waals surface area contributed by atoms with Gasteiger partial charge < -0.3 is 10.2 Å². The summed E-state index contributed by atoms with van der Waals surface area (Å²) < 4.78 is 29.2. The number of carbonyl (C=O) groups is 1. The normalized spacial score (nSPS) is 10.9. The van der Waals surface area contributed by atoms with E-state index in [2.05, 4.69) is 10.2 Å². The smallest absolute Gasteiger partial charge is 0.313 e. The summed E-state index contributed by atoms with van der Waals surface area (Å²) in [6.07, 6.45) is 0. The second-order valence-corrected chi connectivity index (χ2v) is 5.04. The summed E-state index contributed by atoms with van der Waals surface area (Å²) in [7, 11) is 0. The number of aliphatic hydroxyl groups excluding tert-OH is 1. The summed E-state index contributed by atoms with van der Waals surface area (Å²) in [5.41, 5.74) is -0.227. The molecule has 1 heterocycles. The monoisotopic (exact) mass is 315 g/mol. The summed E-state index contributed by atoms with van der Waals surface area (Å²) in [6.45, 7) is 0.874. The summed E-state index contributed by atoms with van der Waals surface area (Å²) in [4.78, 5) is 10.6. The zero-order valence-electron chi connectivity index (χ0n) is 10.9. The van der Waals surface area contributed by atoms with Gasteiger partial charge in [0.1, 0.15) is 18.1 Å². The summed E-state index contributed by atoms with van der Waals surface area (Å²) in [5.74, 6) is -3.21. The SMILES string of the molecule is Cc1ccc(F)c(-n2c(CO)nnc2SCC(=O)O)c1F. The molecule has 1 aromatic carbocycles. The van der Waals surface area contributed by atoms with E-state index in [0.29, 0.717) is 0 Å². The Labute approximate surface area is 122 Å². The Morgan fingerprint density at radius 1 is 1.38 bits per heavy atom. The second kappa shape index (κ2) is 6.19. The minimum Gasteiger partial charge on any atom is -0.481 e. The third kappa shape index (κ3) is 3.03. The number of aromatic nitrogens is 3. The number of carboxylic acid groups (broad SMARTS) is 1. The third-order valence-electron chi connectivity index (χ3n) is 2.65. The van der Waals surface area contributed by atoms with E-state index in [4.69, 9.17) is 5.11 Å². The first-order valence-electron chi connectivity index (χ1n) is 5.80. The lowest BCUT2D eigenvalue weighted by atomic mass is 10.2. The number of aryl methyl sites for hydroxylation is 1. The van der Waals surface area contributed by atoms with Crippen molar-refractivity contribution in [1.82, 2.24) is 14.8 Å². The van der Waals surface area contributed by atoms with Crippen LogP contribution in [0.25, 0.3) is 5.69 Å². The number of hydrogen-bond acceptors (Lipinski definition) is 5. The highest BCUT2D eigenvalue weighted by Crippen LogP contribution is 2.27. The van der Waals surface area contributed by atoms with Gasteiger partial charge in [-0.1, -0.05) is 17.8 Å². The molecule has 0 radical (unpaired) electrons. The molecule has 2 rings (SSSR count). The van der Waals surface area contributed by atoms with Gasteiger partial charge in [-0.3, -0.25) is 9.36 Å². The van der Waals surface area contributed by atoms with Gasteiger partial charge in [0.15, 0.2) is 16.8 Å². The minimum absolute atomic E-state index is 0.00940. The molecule has 0 saturated carbocycles. The van der Waals surface area contributed by atoms with Gasteiger partial charge in [-0.25, -0.2) is 8.78 Å². The van der Waals surface area contributed by atoms with Crippen molar-refractivity contribution in [2.45, 2.75) is 18.7 Å². The quantitative estimate of drug-likeness (QED) is 0.813. The second-order valence-electron chi connectivity index (χ2n) is 4.10. The summed E-state index contributed by atoms with van der Waals surface area (Å²) in [5, 5.41) is 25.2. The molecule has 0 spiro atoms. The maximum absolute atomic E-state index is 14.2. The molecule has 0 bridgehead atoms. The van der Waals surface area contributed by atoms with Gasteiger partial charge in [0.05, 0.1) is 5.75 Å². The van der Waals surface area contributed by atoms with Crippen LogP contribution in [-0.4, -0.2) is 36.7 Å². The van der Waals surface area contributed by atoms with Gasteiger partial charge in [-0.05, 0) is 18.6 Å². The first-order valence-corrected chi connectivity index (χ1v) is 6.79. The summed E-state index contributed by atoms with van der Waals surface area (Å²) >= 11 is 0.755. The highest BCUT2D eigenvalue weighted by atomic mass is 32.2. The Kier molecular flexibility index (Phi) is 4.53. The number of thioether (sulfide) groups is 1. The van der Waals surface area contributed by atoms with Crippen LogP contribution >= 0.6 is 11.8 Å². The van der Waals surface area contributed by atoms with Crippen LogP contribution in [0, 0.1) is 18.6 Å². The highest BCUT2D eigenvalue weighted by molar-refractivity contribution is 7.99. The molecular weight excluding hydrogens is 304 g/mol. The van der Waals surface area contributed by atoms with Crippen molar-refractivity contribution in [2.75, 3.05) is 5.75 Å². The Bertz CT molecular complexity index is 691. The van der Waals surface area contributed by atoms with Gasteiger partial charge in [0, 0.05) is 0 Å². The van der Waals surface area contributed by atoms with Crippen molar-refractivity contribution in [3.63, 3.8) is 0 Å². The van der Waals surface area contributed by atoms with E-state index in [1.165, 1.54) is 13.0 Å². The summed E-state index contributed by atoms with van der Waals surface area (Å²) in [6, 6.07) is 2.36. The molecule has 0 amide bonds. The Balaban J connectivity index is 2.59. The minimum atomic E-state index is -1.11. The van der Waals surface area contributed by atoms with Crippen LogP contribution in [-0.2, 0) is 11.4 Å². The first-order chi connectivity index (χ1) is 9.95. The van der Waals surface area contributed by atoms with E-state index >= 15 is 0 Å². The maximum atomic E-state index is 14.2. The van der Waals surface area contributed by atoms with Crippen LogP contribution in [0.2, 0.25) is 0 Å². The molecule has 9 heteroatoms. The molecule has 0 fully saturated rings. The van der Waals surface area contributed by atoms with Crippen molar-refractivity contribution in [3.05, 3.63) is 35.2 Å². The predicted octanol–water partition coefficient (Wildman–Crippen LogP) is 1.52. The third-order valence-corrected chi connectivity index (χ3v) is 3.56. The molecule has 21 heavy (non-hydrogen) atoms. The molecule has 2 aromatic rings. The molecule has 0 aliphatic carbocycles. The Morgan fingerprint density at radius 2 is 2.10 bits per heavy atom. The van der Waals surface area contributed by atoms with Crippen LogP contribution in [0.1, 0.15) is 11.4 Å². The fraction of sp³-hybridized carbons (Fsp3) is 0.250. The molecule has 2 N–H and O–H groups in total. The zero-order valence-corrected chi connectivity index (χ0v) is 11.7. The number of rotatable bonds is 5. The standard InChI is InChI=1S/C12H11F2N3O3S/c1-6-2-3-7(13)11(10(6)14)17-8(4-18)15-16-12(17)21-5-9(19)20/h2-3,18H,4-5H2,1H3,(H,19,20). The van der Waals surface area contributed by atoms with Gasteiger partial charge in [0.2, 0.25) is 0 Å². The van der Waals surface area contributed by atoms with E-state index in [9.17, 15) is 18.7 Å². The van der Waals surface area contributed by atoms with Crippen molar-refractivity contribution in [1.29, 1.82) is 0 Å². The molecule has 0 aliphatic heterocycles. The van der Waals surface area contributed by atoms with Crippen LogP contribution in [0.5, 0.6) is 0 Å². The van der Waals surface area contributed by atoms with Crippen molar-refractivity contribution in [3.8, 4) is 5.69 Å². The van der Waals surface area contributed by atoms with Crippen molar-refractivity contribution in [2.24, 2.45) is 0 Å². The lowest BCUT2D eigenvalue weighted by Crippen LogP contribution is -2.09. The number of nitrogens with zero attached hydrogens (tertiary/aromatic N) is 3. The van der Waals surface area contributed by atoms with Gasteiger partial charge in [-0.2, -0.15) is 0 Å². The molecule has 0 atom stereocenters. The number of aliphatic carboxylic acids is 1. The first kappa shape index (κ1) is 15.4. The molecule has 6 nitrogen and oxygen atoms in total. The predicted molar refractivity (Wildman–Crippen MR) is 70.3 cm³/mol. The van der Waals surface area contributed by atoms with Crippen LogP contribution in [0.15, 0.2) is 17.3 Å². The van der Waals surface area contributed by atoms with Crippen LogP contribution in [0.3, 0.4) is 0 Å². The van der Waals surface area contributed by atoms with E-state index < -0.39 is 29.9 Å². The van der Waals surface area contributed by atoms with E-state index in [-0.39, 0.29) is 22.3 Å². The van der Waals surface area contributed by atoms with Crippen LogP contribution in [0.4, 0.5) is 8.78 Å². The highest BCUT2D eigenvalue weighted by Gasteiger charge is 2.22. The number of halogens is 2. The largest absolute Gasteiger partial charge is 0.481 e. The molecule has 0 aliphatic rings. The lowest BCUT2D eigenvalue weighted by Gasteiger charge is -2.12. The van der Waals surface area contributed by atoms with Gasteiger partial charge in [0.25, 0.3) is 0 Å².